The summed E-state index contributed by atoms with van der Waals surface area (Å²) in [5, 5.41) is 0. The van der Waals surface area contributed by atoms with E-state index in [1.54, 1.807) is 32.5 Å². The lowest BCUT2D eigenvalue weighted by molar-refractivity contribution is 0.395. The van der Waals surface area contributed by atoms with Gasteiger partial charge in [0, 0.05) is 17.8 Å². The summed E-state index contributed by atoms with van der Waals surface area (Å²) >= 11 is 0. The summed E-state index contributed by atoms with van der Waals surface area (Å²) in [5.41, 5.74) is 3.97. The quantitative estimate of drug-likeness (QED) is 0.627. The number of methoxy groups -OCH3 is 2. The largest absolute Gasteiger partial charge is 0.497 e. The van der Waals surface area contributed by atoms with E-state index >= 15 is 0 Å². The molecule has 0 unspecified atom stereocenters. The maximum atomic E-state index is 5.32. The van der Waals surface area contributed by atoms with Gasteiger partial charge in [-0.25, -0.2) is 15.8 Å². The van der Waals surface area contributed by atoms with E-state index < -0.39 is 0 Å². The van der Waals surface area contributed by atoms with Gasteiger partial charge in [0.15, 0.2) is 0 Å². The summed E-state index contributed by atoms with van der Waals surface area (Å²) in [6.45, 7) is 0. The Bertz CT molecular complexity index is 545. The molecule has 0 aliphatic carbocycles. The first kappa shape index (κ1) is 12.1. The molecule has 3 N–H and O–H groups in total. The smallest absolute Gasteiger partial charge is 0.237 e. The lowest BCUT2D eigenvalue weighted by Gasteiger charge is -2.10. The SMILES string of the molecule is COc1ccc(-c2ccnc(NN)n2)c(OC)c1. The van der Waals surface area contributed by atoms with Crippen molar-refractivity contribution in [3.63, 3.8) is 0 Å². The minimum absolute atomic E-state index is 0.352. The Kier molecular flexibility index (Phi) is 3.59. The van der Waals surface area contributed by atoms with Crippen molar-refractivity contribution >= 4 is 5.95 Å². The van der Waals surface area contributed by atoms with E-state index in [0.717, 1.165) is 17.0 Å². The Morgan fingerprint density at radius 2 is 2.00 bits per heavy atom. The highest BCUT2D eigenvalue weighted by atomic mass is 16.5. The summed E-state index contributed by atoms with van der Waals surface area (Å²) in [7, 11) is 3.21. The van der Waals surface area contributed by atoms with Crippen LogP contribution < -0.4 is 20.7 Å². The number of nitrogens with one attached hydrogen (secondary N) is 1. The number of benzene rings is 1. The van der Waals surface area contributed by atoms with E-state index in [0.29, 0.717) is 11.7 Å². The second-order valence-corrected chi connectivity index (χ2v) is 3.48. The molecule has 1 heterocycles. The summed E-state index contributed by atoms with van der Waals surface area (Å²) in [4.78, 5) is 8.22. The van der Waals surface area contributed by atoms with Crippen molar-refractivity contribution in [2.75, 3.05) is 19.6 Å². The molecule has 0 aliphatic heterocycles. The summed E-state index contributed by atoms with van der Waals surface area (Å²) < 4.78 is 10.5. The maximum absolute atomic E-state index is 5.32. The number of hydrogen-bond acceptors (Lipinski definition) is 6. The lowest BCUT2D eigenvalue weighted by atomic mass is 10.1. The highest BCUT2D eigenvalue weighted by Gasteiger charge is 2.09. The van der Waals surface area contributed by atoms with Crippen LogP contribution in [0.3, 0.4) is 0 Å². The van der Waals surface area contributed by atoms with Crippen molar-refractivity contribution in [1.29, 1.82) is 0 Å². The van der Waals surface area contributed by atoms with Crippen LogP contribution in [-0.2, 0) is 0 Å². The minimum atomic E-state index is 0.352. The number of ether oxygens (including phenoxy) is 2. The van der Waals surface area contributed by atoms with Gasteiger partial charge >= 0.3 is 0 Å². The Hall–Kier alpha value is -2.34. The van der Waals surface area contributed by atoms with Gasteiger partial charge in [-0.1, -0.05) is 0 Å². The fourth-order valence-corrected chi connectivity index (χ4v) is 1.59. The van der Waals surface area contributed by atoms with E-state index in [1.165, 1.54) is 0 Å². The van der Waals surface area contributed by atoms with Crippen LogP contribution in [0.25, 0.3) is 11.3 Å². The molecule has 18 heavy (non-hydrogen) atoms. The van der Waals surface area contributed by atoms with Crippen LogP contribution in [0.4, 0.5) is 5.95 Å². The highest BCUT2D eigenvalue weighted by molar-refractivity contribution is 5.69. The summed E-state index contributed by atoms with van der Waals surface area (Å²) in [5.74, 6) is 7.04. The molecule has 6 nitrogen and oxygen atoms in total. The van der Waals surface area contributed by atoms with E-state index in [2.05, 4.69) is 15.4 Å². The molecule has 1 aromatic carbocycles. The van der Waals surface area contributed by atoms with Gasteiger partial charge in [-0.2, -0.15) is 0 Å². The standard InChI is InChI=1S/C12H14N4O2/c1-17-8-3-4-9(11(7-8)18-2)10-5-6-14-12(15-10)16-13/h3-7H,13H2,1-2H3,(H,14,15,16). The van der Waals surface area contributed by atoms with Gasteiger partial charge in [-0.15, -0.1) is 0 Å². The highest BCUT2D eigenvalue weighted by Crippen LogP contribution is 2.32. The molecule has 0 amide bonds. The second-order valence-electron chi connectivity index (χ2n) is 3.48. The van der Waals surface area contributed by atoms with Crippen LogP contribution in [0, 0.1) is 0 Å². The molecular formula is C12H14N4O2. The number of aromatic nitrogens is 2. The Labute approximate surface area is 105 Å². The van der Waals surface area contributed by atoms with Gasteiger partial charge < -0.3 is 9.47 Å². The van der Waals surface area contributed by atoms with Crippen molar-refractivity contribution in [2.45, 2.75) is 0 Å². The molecule has 0 saturated carbocycles. The third-order valence-corrected chi connectivity index (χ3v) is 2.47. The molecule has 0 fully saturated rings. The van der Waals surface area contributed by atoms with Crippen LogP contribution in [-0.4, -0.2) is 24.2 Å². The van der Waals surface area contributed by atoms with Crippen molar-refractivity contribution in [2.24, 2.45) is 5.84 Å². The number of hydrazine groups is 1. The fourth-order valence-electron chi connectivity index (χ4n) is 1.59. The Morgan fingerprint density at radius 3 is 2.67 bits per heavy atom. The zero-order valence-corrected chi connectivity index (χ0v) is 10.2. The topological polar surface area (TPSA) is 82.3 Å². The average Bonchev–Trinajstić information content (AvgIpc) is 2.46. The first-order chi connectivity index (χ1) is 8.78. The predicted octanol–water partition coefficient (Wildman–Crippen LogP) is 1.45. The molecule has 0 aliphatic rings. The van der Waals surface area contributed by atoms with E-state index in [-0.39, 0.29) is 0 Å². The maximum Gasteiger partial charge on any atom is 0.237 e. The van der Waals surface area contributed by atoms with Crippen LogP contribution >= 0.6 is 0 Å². The molecule has 94 valence electrons. The number of nitrogen functional groups attached to an aromatic ring is 1. The van der Waals surface area contributed by atoms with Crippen LogP contribution in [0.2, 0.25) is 0 Å². The Balaban J connectivity index is 2.48. The van der Waals surface area contributed by atoms with Crippen molar-refractivity contribution in [1.82, 2.24) is 9.97 Å². The fraction of sp³-hybridized carbons (Fsp3) is 0.167. The van der Waals surface area contributed by atoms with E-state index in [9.17, 15) is 0 Å². The van der Waals surface area contributed by atoms with Gasteiger partial charge in [0.2, 0.25) is 5.95 Å². The first-order valence-electron chi connectivity index (χ1n) is 5.30. The molecule has 2 rings (SSSR count). The van der Waals surface area contributed by atoms with Crippen molar-refractivity contribution < 1.29 is 9.47 Å². The number of nitrogens with zero attached hydrogens (tertiary/aromatic N) is 2. The molecule has 2 aromatic rings. The van der Waals surface area contributed by atoms with E-state index in [1.807, 2.05) is 12.1 Å². The van der Waals surface area contributed by atoms with Gasteiger partial charge in [0.05, 0.1) is 19.9 Å². The molecule has 0 radical (unpaired) electrons. The summed E-state index contributed by atoms with van der Waals surface area (Å²) in [6, 6.07) is 7.30. The number of anilines is 1. The predicted molar refractivity (Wildman–Crippen MR) is 68.4 cm³/mol. The molecule has 0 bridgehead atoms. The van der Waals surface area contributed by atoms with Crippen LogP contribution in [0.5, 0.6) is 11.5 Å². The Morgan fingerprint density at radius 1 is 1.17 bits per heavy atom. The van der Waals surface area contributed by atoms with Crippen LogP contribution in [0.1, 0.15) is 0 Å². The zero-order chi connectivity index (χ0) is 13.0. The van der Waals surface area contributed by atoms with Gasteiger partial charge in [-0.3, -0.25) is 5.43 Å². The van der Waals surface area contributed by atoms with Gasteiger partial charge in [0.25, 0.3) is 0 Å². The third-order valence-electron chi connectivity index (χ3n) is 2.47. The minimum Gasteiger partial charge on any atom is -0.497 e. The third kappa shape index (κ3) is 2.33. The molecule has 1 aromatic heterocycles. The van der Waals surface area contributed by atoms with E-state index in [4.69, 9.17) is 15.3 Å². The monoisotopic (exact) mass is 246 g/mol. The van der Waals surface area contributed by atoms with Gasteiger partial charge in [-0.05, 0) is 18.2 Å². The normalized spacial score (nSPS) is 9.94. The first-order valence-corrected chi connectivity index (χ1v) is 5.30. The molecular weight excluding hydrogens is 232 g/mol. The van der Waals surface area contributed by atoms with Crippen molar-refractivity contribution in [3.8, 4) is 22.8 Å². The molecule has 0 saturated heterocycles. The number of rotatable bonds is 4. The number of nitrogens with two attached hydrogens (primary N) is 1. The lowest BCUT2D eigenvalue weighted by Crippen LogP contribution is -2.10. The molecule has 0 atom stereocenters. The van der Waals surface area contributed by atoms with Crippen molar-refractivity contribution in [3.05, 3.63) is 30.5 Å². The second kappa shape index (κ2) is 5.33. The number of hydrogen-bond donors (Lipinski definition) is 2. The average molecular weight is 246 g/mol. The molecule has 6 heteroatoms. The van der Waals surface area contributed by atoms with Gasteiger partial charge in [0.1, 0.15) is 11.5 Å². The zero-order valence-electron chi connectivity index (χ0n) is 10.2. The van der Waals surface area contributed by atoms with Crippen LogP contribution in [0.15, 0.2) is 30.5 Å². The molecule has 0 spiro atoms. The summed E-state index contributed by atoms with van der Waals surface area (Å²) in [6.07, 6.45) is 1.63.